The molecule has 1 saturated carbocycles. The van der Waals surface area contributed by atoms with Crippen molar-refractivity contribution in [2.24, 2.45) is 0 Å². The zero-order chi connectivity index (χ0) is 25.1. The van der Waals surface area contributed by atoms with Gasteiger partial charge in [-0.05, 0) is 54.8 Å². The number of nitrogens with one attached hydrogen (secondary N) is 1. The van der Waals surface area contributed by atoms with Crippen LogP contribution in [-0.2, 0) is 31.2 Å². The summed E-state index contributed by atoms with van der Waals surface area (Å²) in [5.74, 6) is -0.548. The maximum atomic E-state index is 13.1. The highest BCUT2D eigenvalue weighted by Gasteiger charge is 2.65. The number of carbonyl (C=O) groups is 2. The number of hydrogen-bond acceptors (Lipinski definition) is 7. The van der Waals surface area contributed by atoms with Gasteiger partial charge in [-0.25, -0.2) is 31.5 Å². The van der Waals surface area contributed by atoms with E-state index in [1.165, 1.54) is 17.2 Å². The summed E-state index contributed by atoms with van der Waals surface area (Å²) in [6, 6.07) is 5.53. The molecular formula is C19H17F3N4O6S2. The molecule has 0 bridgehead atoms. The van der Waals surface area contributed by atoms with Gasteiger partial charge in [0.05, 0.1) is 16.8 Å². The Balaban J connectivity index is 1.61. The summed E-state index contributed by atoms with van der Waals surface area (Å²) < 4.78 is 86.6. The fraction of sp³-hybridized carbons (Fsp3) is 0.316. The topological polar surface area (TPSA) is 134 Å². The Labute approximate surface area is 192 Å². The molecule has 1 aromatic carbocycles. The molecule has 3 amide bonds. The molecule has 1 aliphatic carbocycles. The van der Waals surface area contributed by atoms with Gasteiger partial charge in [-0.2, -0.15) is 13.2 Å². The molecule has 0 atom stereocenters. The highest BCUT2D eigenvalue weighted by molar-refractivity contribution is 7.92. The van der Waals surface area contributed by atoms with Crippen molar-refractivity contribution in [3.63, 3.8) is 0 Å². The van der Waals surface area contributed by atoms with Crippen molar-refractivity contribution in [2.45, 2.75) is 35.3 Å². The molecule has 15 heteroatoms. The van der Waals surface area contributed by atoms with Crippen LogP contribution in [0, 0.1) is 0 Å². The normalized spacial score (nSPS) is 18.0. The molecule has 1 spiro atoms. The van der Waals surface area contributed by atoms with E-state index in [-0.39, 0.29) is 18.1 Å². The minimum absolute atomic E-state index is 0.0288. The fourth-order valence-corrected chi connectivity index (χ4v) is 4.93. The van der Waals surface area contributed by atoms with Crippen LogP contribution in [0.3, 0.4) is 0 Å². The molecule has 34 heavy (non-hydrogen) atoms. The van der Waals surface area contributed by atoms with Gasteiger partial charge >= 0.3 is 11.5 Å². The van der Waals surface area contributed by atoms with Crippen LogP contribution in [0.2, 0.25) is 0 Å². The lowest BCUT2D eigenvalue weighted by molar-refractivity contribution is -0.120. The molecule has 182 valence electrons. The maximum absolute atomic E-state index is 13.1. The molecule has 10 nitrogen and oxygen atoms in total. The van der Waals surface area contributed by atoms with Crippen LogP contribution in [0.1, 0.15) is 18.4 Å². The zero-order valence-electron chi connectivity index (χ0n) is 17.4. The number of hydrogen-bond donors (Lipinski definition) is 1. The number of sulfonamides is 1. The lowest BCUT2D eigenvalue weighted by Gasteiger charge is -2.21. The number of benzene rings is 1. The lowest BCUT2D eigenvalue weighted by Crippen LogP contribution is -2.36. The van der Waals surface area contributed by atoms with Crippen LogP contribution in [0.4, 0.5) is 29.5 Å². The first kappa shape index (κ1) is 23.9. The van der Waals surface area contributed by atoms with Crippen molar-refractivity contribution in [1.82, 2.24) is 9.88 Å². The highest BCUT2D eigenvalue weighted by atomic mass is 32.2. The van der Waals surface area contributed by atoms with Gasteiger partial charge in [0, 0.05) is 12.7 Å². The second-order valence-electron chi connectivity index (χ2n) is 7.91. The molecule has 2 heterocycles. The number of anilines is 2. The minimum atomic E-state index is -5.58. The summed E-state index contributed by atoms with van der Waals surface area (Å²) in [6.45, 7) is -0.0530. The van der Waals surface area contributed by atoms with Gasteiger partial charge in [-0.15, -0.1) is 0 Å². The van der Waals surface area contributed by atoms with E-state index in [1.807, 2.05) is 0 Å². The summed E-state index contributed by atoms with van der Waals surface area (Å²) in [7, 11) is -9.16. The summed E-state index contributed by atoms with van der Waals surface area (Å²) in [5, 5.41) is 0. The number of pyridine rings is 1. The molecule has 1 saturated heterocycles. The molecule has 1 N–H and O–H groups in total. The Hall–Kier alpha value is -3.20. The Morgan fingerprint density at radius 3 is 2.21 bits per heavy atom. The molecule has 0 unspecified atom stereocenters. The predicted molar refractivity (Wildman–Crippen MR) is 113 cm³/mol. The molecule has 2 aliphatic rings. The van der Waals surface area contributed by atoms with E-state index in [0.717, 1.165) is 23.3 Å². The van der Waals surface area contributed by atoms with Crippen molar-refractivity contribution in [2.75, 3.05) is 15.9 Å². The molecule has 2 aromatic rings. The van der Waals surface area contributed by atoms with E-state index in [0.29, 0.717) is 30.5 Å². The quantitative estimate of drug-likeness (QED) is 0.580. The van der Waals surface area contributed by atoms with E-state index in [4.69, 9.17) is 0 Å². The monoisotopic (exact) mass is 518 g/mol. The van der Waals surface area contributed by atoms with Crippen molar-refractivity contribution < 1.29 is 39.6 Å². The van der Waals surface area contributed by atoms with E-state index < -0.39 is 47.7 Å². The molecule has 1 aliphatic heterocycles. The highest BCUT2D eigenvalue weighted by Crippen LogP contribution is 2.49. The number of carbonyl (C=O) groups excluding carboxylic acids is 2. The third kappa shape index (κ3) is 4.09. The van der Waals surface area contributed by atoms with Crippen molar-refractivity contribution in [1.29, 1.82) is 0 Å². The van der Waals surface area contributed by atoms with Crippen LogP contribution in [-0.4, -0.2) is 56.0 Å². The number of aromatic nitrogens is 1. The van der Waals surface area contributed by atoms with Crippen molar-refractivity contribution in [3.8, 4) is 0 Å². The third-order valence-corrected chi connectivity index (χ3v) is 7.51. The lowest BCUT2D eigenvalue weighted by atomic mass is 10.2. The maximum Gasteiger partial charge on any atom is 0.501 e. The number of imide groups is 1. The first-order valence-corrected chi connectivity index (χ1v) is 13.0. The van der Waals surface area contributed by atoms with Crippen LogP contribution < -0.4 is 9.62 Å². The molecule has 1 aromatic heterocycles. The average Bonchev–Trinajstić information content (AvgIpc) is 3.49. The Morgan fingerprint density at radius 1 is 1.06 bits per heavy atom. The minimum Gasteiger partial charge on any atom is -0.305 e. The fourth-order valence-electron chi connectivity index (χ4n) is 3.67. The van der Waals surface area contributed by atoms with Crippen LogP contribution in [0.15, 0.2) is 47.5 Å². The number of rotatable bonds is 6. The molecular weight excluding hydrogens is 501 g/mol. The van der Waals surface area contributed by atoms with Crippen LogP contribution in [0.5, 0.6) is 0 Å². The van der Waals surface area contributed by atoms with Gasteiger partial charge in [0.15, 0.2) is 0 Å². The second kappa shape index (κ2) is 7.66. The van der Waals surface area contributed by atoms with Crippen LogP contribution in [0.25, 0.3) is 0 Å². The average molecular weight is 518 g/mol. The number of sulfone groups is 1. The molecule has 4 rings (SSSR count). The zero-order valence-corrected chi connectivity index (χ0v) is 19.0. The Kier molecular flexibility index (Phi) is 5.39. The predicted octanol–water partition coefficient (Wildman–Crippen LogP) is 2.25. The molecule has 0 radical (unpaired) electrons. The van der Waals surface area contributed by atoms with Gasteiger partial charge in [0.2, 0.25) is 10.0 Å². The number of alkyl halides is 3. The Morgan fingerprint density at radius 2 is 1.68 bits per heavy atom. The van der Waals surface area contributed by atoms with Gasteiger partial charge in [0.1, 0.15) is 11.4 Å². The first-order chi connectivity index (χ1) is 15.7. The van der Waals surface area contributed by atoms with Gasteiger partial charge < -0.3 is 4.90 Å². The third-order valence-electron chi connectivity index (χ3n) is 5.43. The summed E-state index contributed by atoms with van der Waals surface area (Å²) in [5.41, 5.74) is -6.19. The number of halogens is 3. The van der Waals surface area contributed by atoms with Crippen molar-refractivity contribution >= 4 is 43.3 Å². The van der Waals surface area contributed by atoms with E-state index in [1.54, 1.807) is 6.07 Å². The summed E-state index contributed by atoms with van der Waals surface area (Å²) in [6.07, 6.45) is 3.02. The Bertz CT molecular complexity index is 1390. The SMILES string of the molecule is CS(=O)(=O)Nc1cc(CN2C(=O)N(c3ccc(S(=O)(=O)C(F)(F)F)cc3)C(=O)C23CC3)ccn1. The second-order valence-corrected chi connectivity index (χ2v) is 11.6. The number of nitrogens with zero attached hydrogens (tertiary/aromatic N) is 3. The summed E-state index contributed by atoms with van der Waals surface area (Å²) in [4.78, 5) is 31.2. The standard InChI is InChI=1S/C19H17F3N4O6S2/c1-33(29,30)24-15-10-12(6-9-23-15)11-25-17(28)26(16(27)18(25)7-8-18)13-2-4-14(5-3-13)34(31,32)19(20,21)22/h2-6,9-10H,7-8,11H2,1H3,(H,23,24). The largest absolute Gasteiger partial charge is 0.501 e. The van der Waals surface area contributed by atoms with E-state index in [2.05, 4.69) is 9.71 Å². The smallest absolute Gasteiger partial charge is 0.305 e. The molecule has 2 fully saturated rings. The van der Waals surface area contributed by atoms with Crippen LogP contribution >= 0.6 is 0 Å². The van der Waals surface area contributed by atoms with Gasteiger partial charge in [-0.3, -0.25) is 9.52 Å². The summed E-state index contributed by atoms with van der Waals surface area (Å²) >= 11 is 0. The van der Waals surface area contributed by atoms with E-state index >= 15 is 0 Å². The van der Waals surface area contributed by atoms with E-state index in [9.17, 15) is 39.6 Å². The van der Waals surface area contributed by atoms with Crippen molar-refractivity contribution in [3.05, 3.63) is 48.2 Å². The first-order valence-electron chi connectivity index (χ1n) is 9.66. The van der Waals surface area contributed by atoms with Gasteiger partial charge in [0.25, 0.3) is 15.7 Å². The number of urea groups is 1. The van der Waals surface area contributed by atoms with Gasteiger partial charge in [-0.1, -0.05) is 0 Å². The number of amides is 3.